The van der Waals surface area contributed by atoms with E-state index >= 15 is 0 Å². The Kier molecular flexibility index (Phi) is 4.52. The molecule has 18 heavy (non-hydrogen) atoms. The molecule has 1 atom stereocenters. The van der Waals surface area contributed by atoms with Gasteiger partial charge in [0.05, 0.1) is 0 Å². The third-order valence-electron chi connectivity index (χ3n) is 2.93. The molecular weight excluding hydrogens is 226 g/mol. The van der Waals surface area contributed by atoms with Crippen LogP contribution in [0.25, 0.3) is 0 Å². The molecule has 0 aromatic heterocycles. The van der Waals surface area contributed by atoms with Gasteiger partial charge < -0.3 is 10.5 Å². The second kappa shape index (κ2) is 5.53. The lowest BCUT2D eigenvalue weighted by Gasteiger charge is -2.19. The van der Waals surface area contributed by atoms with Crippen molar-refractivity contribution in [2.45, 2.75) is 46.1 Å². The quantitative estimate of drug-likeness (QED) is 0.662. The molecule has 2 N–H and O–H groups in total. The van der Waals surface area contributed by atoms with Crippen LogP contribution >= 0.6 is 0 Å². The SMILES string of the molecule is CC(C)C(N)C(=O)Oc1ccc(C(C)(C)C)cc1. The summed E-state index contributed by atoms with van der Waals surface area (Å²) < 4.78 is 5.24. The van der Waals surface area contributed by atoms with Crippen LogP contribution < -0.4 is 10.5 Å². The fourth-order valence-electron chi connectivity index (χ4n) is 1.48. The summed E-state index contributed by atoms with van der Waals surface area (Å²) in [6, 6.07) is 7.00. The van der Waals surface area contributed by atoms with Gasteiger partial charge in [-0.3, -0.25) is 0 Å². The van der Waals surface area contributed by atoms with Gasteiger partial charge in [0.2, 0.25) is 0 Å². The number of ether oxygens (including phenoxy) is 1. The van der Waals surface area contributed by atoms with E-state index in [4.69, 9.17) is 10.5 Å². The average Bonchev–Trinajstić information content (AvgIpc) is 2.27. The molecule has 0 spiro atoms. The van der Waals surface area contributed by atoms with Crippen molar-refractivity contribution in [3.8, 4) is 5.75 Å². The number of carbonyl (C=O) groups excluding carboxylic acids is 1. The molecule has 1 aromatic carbocycles. The first-order valence-electron chi connectivity index (χ1n) is 6.29. The third kappa shape index (κ3) is 3.84. The zero-order valence-corrected chi connectivity index (χ0v) is 11.9. The van der Waals surface area contributed by atoms with Crippen molar-refractivity contribution in [2.75, 3.05) is 0 Å². The molecule has 0 bridgehead atoms. The summed E-state index contributed by atoms with van der Waals surface area (Å²) in [7, 11) is 0. The number of rotatable bonds is 3. The Hall–Kier alpha value is -1.35. The molecule has 0 amide bonds. The van der Waals surface area contributed by atoms with Crippen LogP contribution in [0.1, 0.15) is 40.2 Å². The summed E-state index contributed by atoms with van der Waals surface area (Å²) >= 11 is 0. The van der Waals surface area contributed by atoms with Crippen LogP contribution in [0.5, 0.6) is 5.75 Å². The molecule has 1 unspecified atom stereocenters. The number of esters is 1. The first-order valence-corrected chi connectivity index (χ1v) is 6.29. The van der Waals surface area contributed by atoms with E-state index in [0.717, 1.165) is 0 Å². The predicted octanol–water partition coefficient (Wildman–Crippen LogP) is 2.87. The summed E-state index contributed by atoms with van der Waals surface area (Å²) in [5.74, 6) is 0.240. The number of hydrogen-bond acceptors (Lipinski definition) is 3. The van der Waals surface area contributed by atoms with Crippen molar-refractivity contribution in [1.29, 1.82) is 0 Å². The molecule has 0 saturated carbocycles. The van der Waals surface area contributed by atoms with Crippen molar-refractivity contribution in [3.05, 3.63) is 29.8 Å². The van der Waals surface area contributed by atoms with Crippen LogP contribution in [0.4, 0.5) is 0 Å². The Balaban J connectivity index is 2.73. The highest BCUT2D eigenvalue weighted by atomic mass is 16.5. The van der Waals surface area contributed by atoms with Crippen LogP contribution in [0.15, 0.2) is 24.3 Å². The number of carbonyl (C=O) groups is 1. The number of hydrogen-bond donors (Lipinski definition) is 1. The molecular formula is C15H23NO2. The van der Waals surface area contributed by atoms with Gasteiger partial charge in [0, 0.05) is 0 Å². The van der Waals surface area contributed by atoms with E-state index in [9.17, 15) is 4.79 Å². The highest BCUT2D eigenvalue weighted by Crippen LogP contribution is 2.24. The zero-order chi connectivity index (χ0) is 13.9. The van der Waals surface area contributed by atoms with Crippen LogP contribution in [0.3, 0.4) is 0 Å². The lowest BCUT2D eigenvalue weighted by atomic mass is 9.87. The van der Waals surface area contributed by atoms with Gasteiger partial charge in [0.25, 0.3) is 0 Å². The summed E-state index contributed by atoms with van der Waals surface area (Å²) in [5.41, 5.74) is 7.03. The Morgan fingerprint density at radius 1 is 1.17 bits per heavy atom. The molecule has 3 heteroatoms. The van der Waals surface area contributed by atoms with Gasteiger partial charge >= 0.3 is 5.97 Å². The maximum absolute atomic E-state index is 11.7. The minimum Gasteiger partial charge on any atom is -0.425 e. The van der Waals surface area contributed by atoms with Gasteiger partial charge in [-0.2, -0.15) is 0 Å². The standard InChI is InChI=1S/C15H23NO2/c1-10(2)13(16)14(17)18-12-8-6-11(7-9-12)15(3,4)5/h6-10,13H,16H2,1-5H3. The molecule has 0 aliphatic carbocycles. The average molecular weight is 249 g/mol. The Bertz CT molecular complexity index is 401. The highest BCUT2D eigenvalue weighted by molar-refractivity contribution is 5.78. The maximum Gasteiger partial charge on any atom is 0.328 e. The van der Waals surface area contributed by atoms with Crippen molar-refractivity contribution < 1.29 is 9.53 Å². The van der Waals surface area contributed by atoms with Crippen molar-refractivity contribution >= 4 is 5.97 Å². The minimum absolute atomic E-state index is 0.0753. The first kappa shape index (κ1) is 14.7. The summed E-state index contributed by atoms with van der Waals surface area (Å²) in [5, 5.41) is 0. The lowest BCUT2D eigenvalue weighted by molar-refractivity contribution is -0.136. The number of nitrogens with two attached hydrogens (primary N) is 1. The van der Waals surface area contributed by atoms with E-state index in [-0.39, 0.29) is 17.3 Å². The van der Waals surface area contributed by atoms with E-state index in [1.165, 1.54) is 5.56 Å². The van der Waals surface area contributed by atoms with E-state index in [0.29, 0.717) is 5.75 Å². The topological polar surface area (TPSA) is 52.3 Å². The molecule has 3 nitrogen and oxygen atoms in total. The van der Waals surface area contributed by atoms with Crippen LogP contribution in [-0.2, 0) is 10.2 Å². The lowest BCUT2D eigenvalue weighted by Crippen LogP contribution is -2.38. The van der Waals surface area contributed by atoms with Gasteiger partial charge in [-0.1, -0.05) is 46.8 Å². The van der Waals surface area contributed by atoms with Crippen molar-refractivity contribution in [2.24, 2.45) is 11.7 Å². The summed E-state index contributed by atoms with van der Waals surface area (Å²) in [6.07, 6.45) is 0. The maximum atomic E-state index is 11.7. The molecule has 0 fully saturated rings. The van der Waals surface area contributed by atoms with Gasteiger partial charge in [-0.25, -0.2) is 4.79 Å². The third-order valence-corrected chi connectivity index (χ3v) is 2.93. The van der Waals surface area contributed by atoms with E-state index in [1.54, 1.807) is 0 Å². The molecule has 0 radical (unpaired) electrons. The largest absolute Gasteiger partial charge is 0.425 e. The minimum atomic E-state index is -0.577. The van der Waals surface area contributed by atoms with Gasteiger partial charge in [-0.15, -0.1) is 0 Å². The predicted molar refractivity (Wildman–Crippen MR) is 73.6 cm³/mol. The summed E-state index contributed by atoms with van der Waals surface area (Å²) in [6.45, 7) is 10.2. The Labute approximate surface area is 109 Å². The van der Waals surface area contributed by atoms with Gasteiger partial charge in [0.15, 0.2) is 0 Å². The molecule has 0 saturated heterocycles. The molecule has 1 rings (SSSR count). The van der Waals surface area contributed by atoms with Crippen LogP contribution in [0.2, 0.25) is 0 Å². The van der Waals surface area contributed by atoms with Crippen molar-refractivity contribution in [3.63, 3.8) is 0 Å². The molecule has 1 aromatic rings. The molecule has 100 valence electrons. The zero-order valence-electron chi connectivity index (χ0n) is 11.9. The molecule has 0 aliphatic heterocycles. The highest BCUT2D eigenvalue weighted by Gasteiger charge is 2.20. The fourth-order valence-corrected chi connectivity index (χ4v) is 1.48. The van der Waals surface area contributed by atoms with Gasteiger partial charge in [-0.05, 0) is 29.0 Å². The van der Waals surface area contributed by atoms with E-state index < -0.39 is 6.04 Å². The summed E-state index contributed by atoms with van der Waals surface area (Å²) in [4.78, 5) is 11.7. The monoisotopic (exact) mass is 249 g/mol. The van der Waals surface area contributed by atoms with E-state index in [1.807, 2.05) is 38.1 Å². The smallest absolute Gasteiger partial charge is 0.328 e. The molecule has 0 aliphatic rings. The molecule has 0 heterocycles. The second-order valence-electron chi connectivity index (χ2n) is 5.97. The fraction of sp³-hybridized carbons (Fsp3) is 0.533. The normalized spacial score (nSPS) is 13.5. The van der Waals surface area contributed by atoms with Crippen LogP contribution in [-0.4, -0.2) is 12.0 Å². The second-order valence-corrected chi connectivity index (χ2v) is 5.97. The first-order chi connectivity index (χ1) is 8.21. The Morgan fingerprint density at radius 2 is 1.67 bits per heavy atom. The van der Waals surface area contributed by atoms with E-state index in [2.05, 4.69) is 20.8 Å². The number of benzene rings is 1. The Morgan fingerprint density at radius 3 is 2.06 bits per heavy atom. The van der Waals surface area contributed by atoms with Crippen LogP contribution in [0, 0.1) is 5.92 Å². The van der Waals surface area contributed by atoms with Gasteiger partial charge in [0.1, 0.15) is 11.8 Å². The van der Waals surface area contributed by atoms with Crippen molar-refractivity contribution in [1.82, 2.24) is 0 Å².